The van der Waals surface area contributed by atoms with Crippen molar-refractivity contribution in [2.75, 3.05) is 0 Å². The molecule has 64 heavy (non-hydrogen) atoms. The number of H-pyrrole nitrogens is 2. The SMILES string of the molecule is CCCCCCCCCC(NC(=O)[C@@H](NC(=O)[C@H](Cc1cnc[nH]1)NC(=O)c1ccccc1)[C@@H](C)CC)NC(=O)[C@H](NC(=O)[C@@H](Cc1cnc[nH]1)NC(=O)c1ccccc1)[C@H](C)CC. The summed E-state index contributed by atoms with van der Waals surface area (Å²) < 4.78 is 0. The molecule has 2 aromatic heterocycles. The molecule has 0 saturated carbocycles. The standard InChI is InChI=1S/C48H68N10O6/c1-6-9-10-11-12-13-20-25-40(55-47(63)41(32(4)7-2)57-45(61)38(26-36-28-49-30-51-36)53-43(59)34-21-16-14-17-22-34)56-48(64)42(33(5)8-3)58-46(62)39(27-37-29-50-31-52-37)54-44(60)35-23-18-15-19-24-35/h14-19,21-24,28-33,38-42H,6-13,20,25-27H2,1-5H3,(H,49,51)(H,50,52)(H,53,59)(H,54,60)(H,55,63)(H,56,64)(H,57,61)(H,58,62)/t32-,33+,38-,39+,40?,41-,42+. The Labute approximate surface area is 377 Å². The normalized spacial score (nSPS) is 14.4. The minimum Gasteiger partial charge on any atom is -0.348 e. The summed E-state index contributed by atoms with van der Waals surface area (Å²) in [5.41, 5.74) is 1.99. The van der Waals surface area contributed by atoms with Crippen molar-refractivity contribution in [3.05, 3.63) is 108 Å². The Balaban J connectivity index is 1.54. The molecule has 0 aliphatic carbocycles. The zero-order valence-electron chi connectivity index (χ0n) is 38.0. The Kier molecular flexibility index (Phi) is 21.2. The number of benzene rings is 2. The third-order valence-corrected chi connectivity index (χ3v) is 11.6. The maximum absolute atomic E-state index is 14.4. The number of hydrogen-bond donors (Lipinski definition) is 8. The number of unbranched alkanes of at least 4 members (excludes halogenated alkanes) is 6. The van der Waals surface area contributed by atoms with Crippen LogP contribution in [-0.2, 0) is 32.0 Å². The lowest BCUT2D eigenvalue weighted by molar-refractivity contribution is -0.133. The molecule has 16 nitrogen and oxygen atoms in total. The van der Waals surface area contributed by atoms with Crippen LogP contribution in [0.3, 0.4) is 0 Å². The van der Waals surface area contributed by atoms with Crippen molar-refractivity contribution < 1.29 is 28.8 Å². The molecule has 0 aliphatic heterocycles. The number of nitrogens with zero attached hydrogens (tertiary/aromatic N) is 2. The zero-order valence-corrected chi connectivity index (χ0v) is 38.0. The van der Waals surface area contributed by atoms with Crippen LogP contribution in [0.4, 0.5) is 0 Å². The predicted molar refractivity (Wildman–Crippen MR) is 245 cm³/mol. The predicted octanol–water partition coefficient (Wildman–Crippen LogP) is 5.28. The van der Waals surface area contributed by atoms with Crippen LogP contribution in [-0.4, -0.2) is 85.7 Å². The monoisotopic (exact) mass is 881 g/mol. The second-order valence-corrected chi connectivity index (χ2v) is 16.6. The molecular formula is C48H68N10O6. The van der Waals surface area contributed by atoms with Crippen LogP contribution in [0.25, 0.3) is 0 Å². The number of aromatic nitrogens is 4. The van der Waals surface area contributed by atoms with Gasteiger partial charge in [0.05, 0.1) is 12.7 Å². The first-order valence-corrected chi connectivity index (χ1v) is 22.8. The summed E-state index contributed by atoms with van der Waals surface area (Å²) in [6, 6.07) is 13.0. The summed E-state index contributed by atoms with van der Waals surface area (Å²) in [6.45, 7) is 9.70. The molecule has 6 amide bonds. The number of carbonyl (C=O) groups excluding carboxylic acids is 6. The van der Waals surface area contributed by atoms with E-state index in [9.17, 15) is 28.8 Å². The first kappa shape index (κ1) is 50.3. The Morgan fingerprint density at radius 2 is 0.922 bits per heavy atom. The Hall–Kier alpha value is -6.32. The highest BCUT2D eigenvalue weighted by atomic mass is 16.2. The fourth-order valence-electron chi connectivity index (χ4n) is 7.23. The van der Waals surface area contributed by atoms with Crippen molar-refractivity contribution in [3.63, 3.8) is 0 Å². The largest absolute Gasteiger partial charge is 0.348 e. The zero-order chi connectivity index (χ0) is 46.3. The fourth-order valence-corrected chi connectivity index (χ4v) is 7.23. The minimum absolute atomic E-state index is 0.0948. The van der Waals surface area contributed by atoms with Crippen molar-refractivity contribution in [1.29, 1.82) is 0 Å². The van der Waals surface area contributed by atoms with Crippen molar-refractivity contribution in [1.82, 2.24) is 51.8 Å². The van der Waals surface area contributed by atoms with E-state index in [4.69, 9.17) is 0 Å². The molecule has 0 radical (unpaired) electrons. The van der Waals surface area contributed by atoms with Gasteiger partial charge in [-0.25, -0.2) is 9.97 Å². The lowest BCUT2D eigenvalue weighted by Gasteiger charge is -2.31. The molecule has 0 saturated heterocycles. The second kappa shape index (κ2) is 27.0. The molecule has 0 fully saturated rings. The van der Waals surface area contributed by atoms with Crippen LogP contribution >= 0.6 is 0 Å². The fraction of sp³-hybridized carbons (Fsp3) is 0.500. The highest BCUT2D eigenvalue weighted by molar-refractivity contribution is 5.99. The van der Waals surface area contributed by atoms with Crippen molar-refractivity contribution in [2.45, 2.75) is 142 Å². The van der Waals surface area contributed by atoms with E-state index >= 15 is 0 Å². The van der Waals surface area contributed by atoms with Crippen LogP contribution < -0.4 is 31.9 Å². The maximum atomic E-state index is 14.4. The lowest BCUT2D eigenvalue weighted by Crippen LogP contribution is -2.61. The molecule has 0 spiro atoms. The van der Waals surface area contributed by atoms with Crippen molar-refractivity contribution >= 4 is 35.4 Å². The summed E-state index contributed by atoms with van der Waals surface area (Å²) in [7, 11) is 0. The first-order chi connectivity index (χ1) is 30.9. The molecule has 7 atom stereocenters. The summed E-state index contributed by atoms with van der Waals surface area (Å²) in [5.74, 6) is -3.68. The van der Waals surface area contributed by atoms with Gasteiger partial charge < -0.3 is 41.9 Å². The Bertz CT molecular complexity index is 1880. The van der Waals surface area contributed by atoms with Gasteiger partial charge in [0, 0.05) is 47.8 Å². The van der Waals surface area contributed by atoms with Gasteiger partial charge >= 0.3 is 0 Å². The van der Waals surface area contributed by atoms with Crippen LogP contribution in [0.15, 0.2) is 85.7 Å². The molecule has 4 rings (SSSR count). The highest BCUT2D eigenvalue weighted by Crippen LogP contribution is 2.15. The number of carbonyl (C=O) groups is 6. The number of rotatable bonds is 28. The molecule has 0 aliphatic rings. The quantitative estimate of drug-likeness (QED) is 0.0276. The third-order valence-electron chi connectivity index (χ3n) is 11.6. The topological polar surface area (TPSA) is 232 Å². The Morgan fingerprint density at radius 3 is 1.30 bits per heavy atom. The maximum Gasteiger partial charge on any atom is 0.251 e. The van der Waals surface area contributed by atoms with Gasteiger partial charge in [0.25, 0.3) is 11.8 Å². The van der Waals surface area contributed by atoms with E-state index in [1.165, 1.54) is 12.7 Å². The van der Waals surface area contributed by atoms with Gasteiger partial charge in [0.15, 0.2) is 0 Å². The second-order valence-electron chi connectivity index (χ2n) is 16.6. The minimum atomic E-state index is -1.05. The van der Waals surface area contributed by atoms with Gasteiger partial charge in [-0.1, -0.05) is 122 Å². The number of amides is 6. The lowest BCUT2D eigenvalue weighted by atomic mass is 9.96. The van der Waals surface area contributed by atoms with Crippen molar-refractivity contribution in [3.8, 4) is 0 Å². The molecule has 346 valence electrons. The molecule has 8 N–H and O–H groups in total. The van der Waals surface area contributed by atoms with E-state index < -0.39 is 65.8 Å². The van der Waals surface area contributed by atoms with Gasteiger partial charge in [0.1, 0.15) is 30.3 Å². The van der Waals surface area contributed by atoms with Gasteiger partial charge in [0.2, 0.25) is 23.6 Å². The molecule has 2 heterocycles. The summed E-state index contributed by atoms with van der Waals surface area (Å²) in [6.07, 6.45) is 14.0. The summed E-state index contributed by atoms with van der Waals surface area (Å²) in [5, 5.41) is 17.5. The number of aromatic amines is 2. The molecule has 4 aromatic rings. The van der Waals surface area contributed by atoms with E-state index in [1.807, 2.05) is 27.7 Å². The van der Waals surface area contributed by atoms with E-state index in [0.717, 1.165) is 38.5 Å². The number of nitrogens with one attached hydrogen (secondary N) is 8. The molecule has 2 aromatic carbocycles. The van der Waals surface area contributed by atoms with Crippen molar-refractivity contribution in [2.24, 2.45) is 11.8 Å². The average Bonchev–Trinajstić information content (AvgIpc) is 4.04. The summed E-state index contributed by atoms with van der Waals surface area (Å²) >= 11 is 0. The molecule has 16 heteroatoms. The number of hydrogen-bond acceptors (Lipinski definition) is 8. The highest BCUT2D eigenvalue weighted by Gasteiger charge is 2.34. The van der Waals surface area contributed by atoms with Gasteiger partial charge in [-0.15, -0.1) is 0 Å². The van der Waals surface area contributed by atoms with Gasteiger partial charge in [-0.05, 0) is 48.9 Å². The molecular weight excluding hydrogens is 813 g/mol. The third kappa shape index (κ3) is 16.4. The van der Waals surface area contributed by atoms with Crippen LogP contribution in [0.5, 0.6) is 0 Å². The van der Waals surface area contributed by atoms with E-state index in [2.05, 4.69) is 58.8 Å². The van der Waals surface area contributed by atoms with E-state index in [0.29, 0.717) is 48.2 Å². The Morgan fingerprint density at radius 1 is 0.516 bits per heavy atom. The van der Waals surface area contributed by atoms with E-state index in [1.54, 1.807) is 73.1 Å². The van der Waals surface area contributed by atoms with Gasteiger partial charge in [-0.3, -0.25) is 28.8 Å². The van der Waals surface area contributed by atoms with Crippen LogP contribution in [0, 0.1) is 11.8 Å². The van der Waals surface area contributed by atoms with Gasteiger partial charge in [-0.2, -0.15) is 0 Å². The number of imidazole rings is 2. The molecule has 0 bridgehead atoms. The van der Waals surface area contributed by atoms with Crippen LogP contribution in [0.2, 0.25) is 0 Å². The van der Waals surface area contributed by atoms with E-state index in [-0.39, 0.29) is 24.7 Å². The smallest absolute Gasteiger partial charge is 0.251 e. The average molecular weight is 881 g/mol. The van der Waals surface area contributed by atoms with Crippen LogP contribution in [0.1, 0.15) is 131 Å². The first-order valence-electron chi connectivity index (χ1n) is 22.8. The molecule has 1 unspecified atom stereocenters. The summed E-state index contributed by atoms with van der Waals surface area (Å²) in [4.78, 5) is 97.5.